The largest absolute Gasteiger partial charge is 0.486 e. The van der Waals surface area contributed by atoms with Gasteiger partial charge in [-0.1, -0.05) is 0 Å². The van der Waals surface area contributed by atoms with E-state index in [4.69, 9.17) is 27.5 Å². The summed E-state index contributed by atoms with van der Waals surface area (Å²) in [6, 6.07) is 3.31. The summed E-state index contributed by atoms with van der Waals surface area (Å²) < 4.78 is 11.9. The predicted molar refractivity (Wildman–Crippen MR) is 64.5 cm³/mol. The number of H-pyrrole nitrogens is 1. The lowest BCUT2D eigenvalue weighted by Crippen LogP contribution is -2.29. The van der Waals surface area contributed by atoms with Gasteiger partial charge < -0.3 is 20.3 Å². The van der Waals surface area contributed by atoms with Crippen molar-refractivity contribution in [1.82, 2.24) is 9.66 Å². The van der Waals surface area contributed by atoms with Gasteiger partial charge in [-0.3, -0.25) is 4.79 Å². The lowest BCUT2D eigenvalue weighted by molar-refractivity contribution is 0.172. The zero-order valence-corrected chi connectivity index (χ0v) is 9.54. The highest BCUT2D eigenvalue weighted by Gasteiger charge is 2.15. The lowest BCUT2D eigenvalue weighted by Gasteiger charge is -2.18. The Balaban J connectivity index is 2.42. The van der Waals surface area contributed by atoms with E-state index < -0.39 is 0 Å². The molecule has 0 atom stereocenters. The van der Waals surface area contributed by atoms with Crippen LogP contribution in [0.1, 0.15) is 0 Å². The molecule has 88 valence electrons. The Morgan fingerprint density at radius 2 is 1.94 bits per heavy atom. The van der Waals surface area contributed by atoms with Crippen LogP contribution in [0.3, 0.4) is 0 Å². The summed E-state index contributed by atoms with van der Waals surface area (Å²) in [5, 5.41) is 0.422. The molecule has 1 aromatic carbocycles. The standard InChI is InChI=1S/C10H9N3O3S/c11-13-9(14)5-3-7-8(16-2-1-15-7)4-6(5)12-10(13)17/h3-4H,1-2,11H2,(H,12,17). The summed E-state index contributed by atoms with van der Waals surface area (Å²) in [4.78, 5) is 14.8. The van der Waals surface area contributed by atoms with E-state index in [2.05, 4.69) is 4.98 Å². The van der Waals surface area contributed by atoms with Gasteiger partial charge in [0.1, 0.15) is 13.2 Å². The summed E-state index contributed by atoms with van der Waals surface area (Å²) in [7, 11) is 0. The van der Waals surface area contributed by atoms with Crippen molar-refractivity contribution < 1.29 is 9.47 Å². The smallest absolute Gasteiger partial charge is 0.280 e. The van der Waals surface area contributed by atoms with Crippen LogP contribution in [0.2, 0.25) is 0 Å². The Kier molecular flexibility index (Phi) is 2.08. The maximum atomic E-state index is 11.9. The number of nitrogens with zero attached hydrogens (tertiary/aromatic N) is 1. The second kappa shape index (κ2) is 3.49. The van der Waals surface area contributed by atoms with Crippen LogP contribution in [0.5, 0.6) is 11.5 Å². The zero-order valence-electron chi connectivity index (χ0n) is 8.73. The fourth-order valence-electron chi connectivity index (χ4n) is 1.77. The van der Waals surface area contributed by atoms with Gasteiger partial charge in [0.25, 0.3) is 5.56 Å². The topological polar surface area (TPSA) is 82.3 Å². The van der Waals surface area contributed by atoms with E-state index in [9.17, 15) is 4.79 Å². The van der Waals surface area contributed by atoms with Crippen molar-refractivity contribution in [1.29, 1.82) is 0 Å². The van der Waals surface area contributed by atoms with Crippen molar-refractivity contribution >= 4 is 23.1 Å². The Morgan fingerprint density at radius 3 is 2.65 bits per heavy atom. The fourth-order valence-corrected chi connectivity index (χ4v) is 1.96. The molecule has 1 aliphatic rings. The number of aromatic nitrogens is 2. The summed E-state index contributed by atoms with van der Waals surface area (Å²) in [5.74, 6) is 6.67. The molecule has 2 aromatic rings. The molecule has 0 radical (unpaired) electrons. The van der Waals surface area contributed by atoms with E-state index in [0.29, 0.717) is 35.6 Å². The molecule has 3 N–H and O–H groups in total. The second-order valence-electron chi connectivity index (χ2n) is 3.65. The molecule has 0 aliphatic carbocycles. The molecule has 7 heteroatoms. The molecule has 0 bridgehead atoms. The van der Waals surface area contributed by atoms with Crippen LogP contribution >= 0.6 is 12.2 Å². The third-order valence-corrected chi connectivity index (χ3v) is 2.89. The Hall–Kier alpha value is -2.02. The Morgan fingerprint density at radius 1 is 1.29 bits per heavy atom. The first-order valence-electron chi connectivity index (χ1n) is 5.00. The Labute approximate surface area is 101 Å². The first kappa shape index (κ1) is 10.2. The highest BCUT2D eigenvalue weighted by Crippen LogP contribution is 2.32. The van der Waals surface area contributed by atoms with Gasteiger partial charge in [-0.05, 0) is 18.3 Å². The quantitative estimate of drug-likeness (QED) is 0.527. The maximum absolute atomic E-state index is 11.9. The third-order valence-electron chi connectivity index (χ3n) is 2.59. The van der Waals surface area contributed by atoms with Gasteiger partial charge in [-0.2, -0.15) is 4.68 Å². The van der Waals surface area contributed by atoms with E-state index in [1.807, 2.05) is 0 Å². The minimum atomic E-state index is -0.360. The first-order valence-corrected chi connectivity index (χ1v) is 5.41. The summed E-state index contributed by atoms with van der Waals surface area (Å²) in [6.45, 7) is 0.964. The van der Waals surface area contributed by atoms with E-state index in [1.54, 1.807) is 12.1 Å². The van der Waals surface area contributed by atoms with Gasteiger partial charge in [-0.25, -0.2) is 0 Å². The van der Waals surface area contributed by atoms with Crippen molar-refractivity contribution in [2.75, 3.05) is 19.1 Å². The van der Waals surface area contributed by atoms with Gasteiger partial charge in [0.05, 0.1) is 10.9 Å². The molecule has 1 aromatic heterocycles. The molecule has 2 heterocycles. The van der Waals surface area contributed by atoms with Gasteiger partial charge in [0, 0.05) is 6.07 Å². The van der Waals surface area contributed by atoms with Crippen molar-refractivity contribution in [2.45, 2.75) is 0 Å². The average molecular weight is 251 g/mol. The van der Waals surface area contributed by atoms with E-state index in [-0.39, 0.29) is 10.3 Å². The van der Waals surface area contributed by atoms with Crippen LogP contribution in [0.4, 0.5) is 0 Å². The van der Waals surface area contributed by atoms with E-state index >= 15 is 0 Å². The maximum Gasteiger partial charge on any atom is 0.280 e. The molecule has 0 unspecified atom stereocenters. The zero-order chi connectivity index (χ0) is 12.0. The van der Waals surface area contributed by atoms with Crippen LogP contribution in [0.25, 0.3) is 10.9 Å². The molecule has 0 fully saturated rings. The first-order chi connectivity index (χ1) is 8.16. The molecule has 0 saturated heterocycles. The number of nitrogens with two attached hydrogens (primary N) is 1. The van der Waals surface area contributed by atoms with Gasteiger partial charge in [0.2, 0.25) is 0 Å². The Bertz CT molecular complexity index is 719. The molecule has 0 amide bonds. The minimum Gasteiger partial charge on any atom is -0.486 e. The second-order valence-corrected chi connectivity index (χ2v) is 4.03. The molecule has 0 saturated carbocycles. The highest BCUT2D eigenvalue weighted by molar-refractivity contribution is 7.71. The van der Waals surface area contributed by atoms with Gasteiger partial charge in [0.15, 0.2) is 16.3 Å². The molecule has 17 heavy (non-hydrogen) atoms. The molecule has 6 nitrogen and oxygen atoms in total. The number of rotatable bonds is 0. The number of hydrogen-bond acceptors (Lipinski definition) is 5. The molecule has 1 aliphatic heterocycles. The average Bonchev–Trinajstić information content (AvgIpc) is 2.34. The number of hydrogen-bond donors (Lipinski definition) is 2. The SMILES string of the molecule is Nn1c(=S)[nH]c2cc3c(cc2c1=O)OCCO3. The predicted octanol–water partition coefficient (Wildman–Crippen LogP) is 0.544. The lowest BCUT2D eigenvalue weighted by atomic mass is 10.2. The number of ether oxygens (including phenoxy) is 2. The highest BCUT2D eigenvalue weighted by atomic mass is 32.1. The number of aromatic amines is 1. The summed E-state index contributed by atoms with van der Waals surface area (Å²) >= 11 is 4.93. The van der Waals surface area contributed by atoms with Crippen LogP contribution < -0.4 is 20.9 Å². The van der Waals surface area contributed by atoms with E-state index in [0.717, 1.165) is 4.68 Å². The summed E-state index contributed by atoms with van der Waals surface area (Å²) in [5.41, 5.74) is 0.228. The van der Waals surface area contributed by atoms with Crippen LogP contribution in [-0.4, -0.2) is 22.9 Å². The number of nitrogens with one attached hydrogen (secondary N) is 1. The number of nitrogen functional groups attached to an aromatic ring is 1. The van der Waals surface area contributed by atoms with Gasteiger partial charge >= 0.3 is 0 Å². The number of fused-ring (bicyclic) bond motifs is 2. The molecule has 3 rings (SSSR count). The molecular formula is C10H9N3O3S. The van der Waals surface area contributed by atoms with Crippen molar-refractivity contribution in [3.05, 3.63) is 27.3 Å². The van der Waals surface area contributed by atoms with Crippen molar-refractivity contribution in [3.8, 4) is 11.5 Å². The van der Waals surface area contributed by atoms with Crippen LogP contribution in [-0.2, 0) is 0 Å². The van der Waals surface area contributed by atoms with Gasteiger partial charge in [-0.15, -0.1) is 0 Å². The summed E-state index contributed by atoms with van der Waals surface area (Å²) in [6.07, 6.45) is 0. The molecule has 0 spiro atoms. The monoisotopic (exact) mass is 251 g/mol. The fraction of sp³-hybridized carbons (Fsp3) is 0.200. The molecular weight excluding hydrogens is 242 g/mol. The van der Waals surface area contributed by atoms with Crippen LogP contribution in [0, 0.1) is 4.77 Å². The van der Waals surface area contributed by atoms with Crippen molar-refractivity contribution in [3.63, 3.8) is 0 Å². The number of benzene rings is 1. The van der Waals surface area contributed by atoms with E-state index in [1.165, 1.54) is 0 Å². The van der Waals surface area contributed by atoms with Crippen LogP contribution in [0.15, 0.2) is 16.9 Å². The van der Waals surface area contributed by atoms with Crippen molar-refractivity contribution in [2.24, 2.45) is 0 Å². The third kappa shape index (κ3) is 1.47. The normalized spacial score (nSPS) is 13.9. The minimum absolute atomic E-state index is 0.166.